The molecular weight excluding hydrogens is 266 g/mol. The van der Waals surface area contributed by atoms with Crippen molar-refractivity contribution in [1.29, 1.82) is 0 Å². The highest BCUT2D eigenvalue weighted by Gasteiger charge is 2.15. The molecule has 0 spiro atoms. The van der Waals surface area contributed by atoms with Crippen molar-refractivity contribution in [1.82, 2.24) is 0 Å². The molecule has 21 heavy (non-hydrogen) atoms. The van der Waals surface area contributed by atoms with Crippen LogP contribution in [0.3, 0.4) is 0 Å². The maximum atomic E-state index is 5.48. The Kier molecular flexibility index (Phi) is 4.58. The summed E-state index contributed by atoms with van der Waals surface area (Å²) in [6.07, 6.45) is 0. The van der Waals surface area contributed by atoms with Crippen LogP contribution in [-0.4, -0.2) is 21.3 Å². The van der Waals surface area contributed by atoms with Gasteiger partial charge in [-0.2, -0.15) is 0 Å². The topological polar surface area (TPSA) is 39.7 Å². The Hall–Kier alpha value is -2.36. The number of rotatable bonds is 5. The van der Waals surface area contributed by atoms with Gasteiger partial charge in [-0.15, -0.1) is 0 Å². The molecule has 2 rings (SSSR count). The number of aryl methyl sites for hydroxylation is 2. The normalized spacial score (nSPS) is 10.1. The molecule has 112 valence electrons. The van der Waals surface area contributed by atoms with Crippen LogP contribution in [0.25, 0.3) is 0 Å². The summed E-state index contributed by atoms with van der Waals surface area (Å²) in [5.41, 5.74) is 4.26. The minimum absolute atomic E-state index is 0.578. The van der Waals surface area contributed by atoms with Crippen molar-refractivity contribution in [3.05, 3.63) is 41.5 Å². The maximum absolute atomic E-state index is 5.48. The van der Waals surface area contributed by atoms with E-state index in [-0.39, 0.29) is 0 Å². The summed E-state index contributed by atoms with van der Waals surface area (Å²) in [5, 5.41) is 3.37. The van der Waals surface area contributed by atoms with E-state index in [4.69, 9.17) is 14.2 Å². The van der Waals surface area contributed by atoms with Gasteiger partial charge in [0.1, 0.15) is 0 Å². The van der Waals surface area contributed by atoms with Crippen LogP contribution < -0.4 is 19.5 Å². The summed E-state index contributed by atoms with van der Waals surface area (Å²) < 4.78 is 16.2. The fraction of sp³-hybridized carbons (Fsp3) is 0.294. The number of hydrogen-bond acceptors (Lipinski definition) is 4. The summed E-state index contributed by atoms with van der Waals surface area (Å²) in [5.74, 6) is 1.84. The third kappa shape index (κ3) is 3.21. The fourth-order valence-electron chi connectivity index (χ4n) is 2.40. The van der Waals surface area contributed by atoms with E-state index in [1.54, 1.807) is 21.3 Å². The molecule has 4 heteroatoms. The zero-order valence-electron chi connectivity index (χ0n) is 13.1. The molecule has 0 aliphatic heterocycles. The van der Waals surface area contributed by atoms with Gasteiger partial charge in [0.25, 0.3) is 0 Å². The van der Waals surface area contributed by atoms with Gasteiger partial charge in [-0.05, 0) is 49.2 Å². The lowest BCUT2D eigenvalue weighted by Gasteiger charge is -2.17. The minimum atomic E-state index is 0.578. The molecule has 0 unspecified atom stereocenters. The highest BCUT2D eigenvalue weighted by Crippen LogP contribution is 2.43. The second-order valence-electron chi connectivity index (χ2n) is 4.88. The quantitative estimate of drug-likeness (QED) is 0.899. The van der Waals surface area contributed by atoms with Gasteiger partial charge in [0.05, 0.1) is 27.0 Å². The second kappa shape index (κ2) is 6.39. The van der Waals surface area contributed by atoms with Crippen LogP contribution >= 0.6 is 0 Å². The fourth-order valence-corrected chi connectivity index (χ4v) is 2.40. The lowest BCUT2D eigenvalue weighted by atomic mass is 10.1. The third-order valence-corrected chi connectivity index (χ3v) is 3.20. The summed E-state index contributed by atoms with van der Waals surface area (Å²) >= 11 is 0. The number of ether oxygens (including phenoxy) is 3. The standard InChI is InChI=1S/C17H21NO3/c1-11-8-12(2)10-13(9-11)18-14-6-7-15(19-3)17(21-5)16(14)20-4/h6-10,18H,1-5H3. The lowest BCUT2D eigenvalue weighted by molar-refractivity contribution is 0.325. The molecule has 0 heterocycles. The molecule has 0 saturated carbocycles. The van der Waals surface area contributed by atoms with Crippen LogP contribution in [0.1, 0.15) is 11.1 Å². The van der Waals surface area contributed by atoms with Crippen molar-refractivity contribution >= 4 is 11.4 Å². The number of nitrogens with one attached hydrogen (secondary N) is 1. The average molecular weight is 287 g/mol. The van der Waals surface area contributed by atoms with E-state index in [9.17, 15) is 0 Å². The molecule has 0 amide bonds. The van der Waals surface area contributed by atoms with Gasteiger partial charge < -0.3 is 19.5 Å². The van der Waals surface area contributed by atoms with E-state index < -0.39 is 0 Å². The Morgan fingerprint density at radius 3 is 1.90 bits per heavy atom. The van der Waals surface area contributed by atoms with Crippen LogP contribution in [0, 0.1) is 13.8 Å². The Balaban J connectivity index is 2.44. The van der Waals surface area contributed by atoms with E-state index in [0.29, 0.717) is 17.2 Å². The van der Waals surface area contributed by atoms with E-state index >= 15 is 0 Å². The molecule has 4 nitrogen and oxygen atoms in total. The van der Waals surface area contributed by atoms with Gasteiger partial charge >= 0.3 is 0 Å². The average Bonchev–Trinajstić information content (AvgIpc) is 2.45. The van der Waals surface area contributed by atoms with Crippen LogP contribution in [0.15, 0.2) is 30.3 Å². The molecule has 2 aromatic rings. The smallest absolute Gasteiger partial charge is 0.205 e. The Morgan fingerprint density at radius 1 is 0.762 bits per heavy atom. The molecular formula is C17H21NO3. The Labute approximate surface area is 125 Å². The van der Waals surface area contributed by atoms with Crippen LogP contribution in [0.2, 0.25) is 0 Å². The summed E-state index contributed by atoms with van der Waals surface area (Å²) in [6.45, 7) is 4.15. The molecule has 0 atom stereocenters. The predicted molar refractivity (Wildman–Crippen MR) is 85.3 cm³/mol. The largest absolute Gasteiger partial charge is 0.493 e. The summed E-state index contributed by atoms with van der Waals surface area (Å²) in [7, 11) is 4.82. The van der Waals surface area contributed by atoms with Crippen LogP contribution in [-0.2, 0) is 0 Å². The molecule has 1 N–H and O–H groups in total. The van der Waals surface area contributed by atoms with Crippen molar-refractivity contribution in [2.45, 2.75) is 13.8 Å². The highest BCUT2D eigenvalue weighted by molar-refractivity contribution is 5.73. The van der Waals surface area contributed by atoms with Crippen molar-refractivity contribution in [3.8, 4) is 17.2 Å². The second-order valence-corrected chi connectivity index (χ2v) is 4.88. The Bertz CT molecular complexity index is 618. The van der Waals surface area contributed by atoms with Gasteiger partial charge in [0.2, 0.25) is 5.75 Å². The van der Waals surface area contributed by atoms with Gasteiger partial charge in [-0.25, -0.2) is 0 Å². The maximum Gasteiger partial charge on any atom is 0.205 e. The Morgan fingerprint density at radius 2 is 1.38 bits per heavy atom. The molecule has 0 aromatic heterocycles. The van der Waals surface area contributed by atoms with Gasteiger partial charge in [-0.1, -0.05) is 6.07 Å². The van der Waals surface area contributed by atoms with Gasteiger partial charge in [0, 0.05) is 5.69 Å². The molecule has 0 radical (unpaired) electrons. The highest BCUT2D eigenvalue weighted by atomic mass is 16.5. The number of hydrogen-bond donors (Lipinski definition) is 1. The van der Waals surface area contributed by atoms with Crippen molar-refractivity contribution in [2.24, 2.45) is 0 Å². The van der Waals surface area contributed by atoms with E-state index in [1.165, 1.54) is 11.1 Å². The van der Waals surface area contributed by atoms with E-state index in [1.807, 2.05) is 12.1 Å². The van der Waals surface area contributed by atoms with Crippen molar-refractivity contribution in [2.75, 3.05) is 26.6 Å². The molecule has 2 aromatic carbocycles. The van der Waals surface area contributed by atoms with Gasteiger partial charge in [-0.3, -0.25) is 0 Å². The third-order valence-electron chi connectivity index (χ3n) is 3.20. The molecule has 0 aliphatic carbocycles. The zero-order valence-corrected chi connectivity index (χ0v) is 13.1. The predicted octanol–water partition coefficient (Wildman–Crippen LogP) is 4.07. The SMILES string of the molecule is COc1ccc(Nc2cc(C)cc(C)c2)c(OC)c1OC. The van der Waals surface area contributed by atoms with Gasteiger partial charge in [0.15, 0.2) is 11.5 Å². The number of methoxy groups -OCH3 is 3. The monoisotopic (exact) mass is 287 g/mol. The van der Waals surface area contributed by atoms with Crippen molar-refractivity contribution in [3.63, 3.8) is 0 Å². The summed E-state index contributed by atoms with van der Waals surface area (Å²) in [4.78, 5) is 0. The zero-order chi connectivity index (χ0) is 15.4. The first kappa shape index (κ1) is 15.0. The number of benzene rings is 2. The van der Waals surface area contributed by atoms with E-state index in [2.05, 4.69) is 37.4 Å². The van der Waals surface area contributed by atoms with E-state index in [0.717, 1.165) is 11.4 Å². The van der Waals surface area contributed by atoms with Crippen molar-refractivity contribution < 1.29 is 14.2 Å². The van der Waals surface area contributed by atoms with Crippen LogP contribution in [0.5, 0.6) is 17.2 Å². The minimum Gasteiger partial charge on any atom is -0.493 e. The first-order valence-electron chi connectivity index (χ1n) is 6.73. The van der Waals surface area contributed by atoms with Crippen LogP contribution in [0.4, 0.5) is 11.4 Å². The lowest BCUT2D eigenvalue weighted by Crippen LogP contribution is -2.00. The first-order chi connectivity index (χ1) is 10.1. The molecule has 0 aliphatic rings. The summed E-state index contributed by atoms with van der Waals surface area (Å²) in [6, 6.07) is 10.1. The number of anilines is 2. The molecule has 0 fully saturated rings. The molecule has 0 bridgehead atoms. The first-order valence-corrected chi connectivity index (χ1v) is 6.73. The molecule has 0 saturated heterocycles.